The van der Waals surface area contributed by atoms with Crippen molar-refractivity contribution in [3.63, 3.8) is 0 Å². The second-order valence-corrected chi connectivity index (χ2v) is 14.2. The fourth-order valence-corrected chi connectivity index (χ4v) is 7.81. The normalized spacial score (nSPS) is 27.7. The third-order valence-corrected chi connectivity index (χ3v) is 10.6. The van der Waals surface area contributed by atoms with Crippen molar-refractivity contribution in [2.75, 3.05) is 19.3 Å². The Morgan fingerprint density at radius 2 is 1.82 bits per heavy atom. The molecule has 2 aromatic carbocycles. The minimum Gasteiger partial charge on any atom is -0.393 e. The van der Waals surface area contributed by atoms with Gasteiger partial charge in [-0.15, -0.1) is 0 Å². The molecule has 40 heavy (non-hydrogen) atoms. The fraction of sp³-hybridized carbons (Fsp3) is 0.545. The first-order valence-electron chi connectivity index (χ1n) is 14.6. The van der Waals surface area contributed by atoms with Crippen LogP contribution in [0.5, 0.6) is 0 Å². The van der Waals surface area contributed by atoms with Crippen molar-refractivity contribution in [3.05, 3.63) is 82.4 Å². The van der Waals surface area contributed by atoms with Gasteiger partial charge in [-0.25, -0.2) is 8.42 Å². The molecule has 3 aliphatic carbocycles. The van der Waals surface area contributed by atoms with Crippen molar-refractivity contribution in [2.24, 2.45) is 5.41 Å². The number of ketones is 1. The number of aliphatic hydroxyl groups excluding tert-OH is 1. The average molecular weight is 568 g/mol. The smallest absolute Gasteiger partial charge is 0.211 e. The van der Waals surface area contributed by atoms with E-state index in [-0.39, 0.29) is 18.2 Å². The summed E-state index contributed by atoms with van der Waals surface area (Å²) in [5.41, 5.74) is 2.29. The summed E-state index contributed by atoms with van der Waals surface area (Å²) < 4.78 is 26.8. The molecule has 4 atom stereocenters. The van der Waals surface area contributed by atoms with E-state index < -0.39 is 27.1 Å². The van der Waals surface area contributed by atoms with Gasteiger partial charge in [-0.1, -0.05) is 68.0 Å². The number of rotatable bonds is 7. The molecule has 7 heteroatoms. The van der Waals surface area contributed by atoms with Gasteiger partial charge in [-0.3, -0.25) is 4.79 Å². The third kappa shape index (κ3) is 6.43. The quantitative estimate of drug-likeness (QED) is 0.334. The van der Waals surface area contributed by atoms with Crippen molar-refractivity contribution in [3.8, 4) is 0 Å². The summed E-state index contributed by atoms with van der Waals surface area (Å²) in [5, 5.41) is 23.1. The lowest BCUT2D eigenvalue weighted by molar-refractivity contribution is -0.0723. The van der Waals surface area contributed by atoms with Crippen LogP contribution in [0.1, 0.15) is 98.7 Å². The minimum absolute atomic E-state index is 0.0433. The third-order valence-electron chi connectivity index (χ3n) is 9.33. The van der Waals surface area contributed by atoms with E-state index in [0.717, 1.165) is 24.0 Å². The van der Waals surface area contributed by atoms with Gasteiger partial charge in [0.25, 0.3) is 0 Å². The van der Waals surface area contributed by atoms with Crippen LogP contribution in [0.3, 0.4) is 0 Å². The molecule has 2 aromatic rings. The molecular weight excluding hydrogens is 522 g/mol. The molecule has 0 heterocycles. The number of hydrogen-bond acceptors (Lipinski definition) is 5. The van der Waals surface area contributed by atoms with Crippen LogP contribution in [0.2, 0.25) is 0 Å². The molecule has 0 spiro atoms. The molecule has 2 bridgehead atoms. The molecule has 0 radical (unpaired) electrons. The van der Waals surface area contributed by atoms with E-state index >= 15 is 0 Å². The number of aliphatic hydroxyl groups is 2. The lowest BCUT2D eigenvalue weighted by atomic mass is 9.64. The van der Waals surface area contributed by atoms with Crippen LogP contribution in [-0.2, 0) is 16.4 Å². The Kier molecular flexibility index (Phi) is 9.40. The van der Waals surface area contributed by atoms with Gasteiger partial charge < -0.3 is 10.2 Å². The standard InChI is InChI=1S/C33H45NO5S/c1-5-20-34(40(4,38)39)23-33(37)19-17-30-28-16-14-25(22-29(28)31(36)26-11-7-6-8-12-26)21-27(35)15-13-24(2)10-9-18-32(30,33)3/h6-8,10-12,14,16,22,27,30,35,37H,5,9,13,15,17-21,23H2,1-4H3/t27-,30-,32-,33+/m0/s1. The minimum atomic E-state index is -3.50. The number of allylic oxidation sites excluding steroid dienone is 2. The zero-order chi connectivity index (χ0) is 29.1. The molecule has 0 aliphatic heterocycles. The molecule has 3 aliphatic rings. The number of fused-ring (bicyclic) bond motifs is 8. The highest BCUT2D eigenvalue weighted by molar-refractivity contribution is 7.88. The Morgan fingerprint density at radius 1 is 1.10 bits per heavy atom. The largest absolute Gasteiger partial charge is 0.393 e. The first kappa shape index (κ1) is 30.6. The second kappa shape index (κ2) is 12.3. The maximum absolute atomic E-state index is 13.9. The Balaban J connectivity index is 1.86. The predicted molar refractivity (Wildman–Crippen MR) is 160 cm³/mol. The Hall–Kier alpha value is -2.32. The van der Waals surface area contributed by atoms with Crippen LogP contribution >= 0.6 is 0 Å². The summed E-state index contributed by atoms with van der Waals surface area (Å²) in [7, 11) is -3.50. The molecule has 1 fully saturated rings. The van der Waals surface area contributed by atoms with E-state index in [4.69, 9.17) is 0 Å². The van der Waals surface area contributed by atoms with Gasteiger partial charge in [-0.05, 0) is 81.4 Å². The number of sulfonamides is 1. The summed E-state index contributed by atoms with van der Waals surface area (Å²) in [6.07, 6.45) is 7.92. The van der Waals surface area contributed by atoms with Gasteiger partial charge in [0.1, 0.15) is 0 Å². The van der Waals surface area contributed by atoms with Crippen LogP contribution in [0, 0.1) is 5.41 Å². The number of carbonyl (C=O) groups is 1. The van der Waals surface area contributed by atoms with Gasteiger partial charge in [0.15, 0.2) is 5.78 Å². The van der Waals surface area contributed by atoms with Crippen molar-refractivity contribution < 1.29 is 23.4 Å². The van der Waals surface area contributed by atoms with Crippen LogP contribution < -0.4 is 0 Å². The van der Waals surface area contributed by atoms with E-state index in [1.165, 1.54) is 16.1 Å². The Bertz CT molecular complexity index is 1340. The van der Waals surface area contributed by atoms with Gasteiger partial charge in [0.05, 0.1) is 18.0 Å². The van der Waals surface area contributed by atoms with Crippen LogP contribution in [0.25, 0.3) is 0 Å². The molecule has 2 N–H and O–H groups in total. The van der Waals surface area contributed by atoms with Crippen molar-refractivity contribution in [1.82, 2.24) is 4.31 Å². The average Bonchev–Trinajstić information content (AvgIpc) is 3.16. The zero-order valence-corrected chi connectivity index (χ0v) is 25.2. The highest BCUT2D eigenvalue weighted by atomic mass is 32.2. The van der Waals surface area contributed by atoms with Crippen LogP contribution in [0.15, 0.2) is 60.2 Å². The van der Waals surface area contributed by atoms with Gasteiger partial charge in [0, 0.05) is 29.6 Å². The molecule has 0 amide bonds. The number of carbonyl (C=O) groups excluding carboxylic acids is 1. The molecular formula is C33H45NO5S. The Labute approximate surface area is 240 Å². The van der Waals surface area contributed by atoms with Gasteiger partial charge in [-0.2, -0.15) is 4.31 Å². The van der Waals surface area contributed by atoms with Crippen molar-refractivity contribution in [1.29, 1.82) is 0 Å². The van der Waals surface area contributed by atoms with E-state index in [0.29, 0.717) is 56.2 Å². The number of benzene rings is 2. The first-order valence-corrected chi connectivity index (χ1v) is 16.5. The second-order valence-electron chi connectivity index (χ2n) is 12.2. The maximum Gasteiger partial charge on any atom is 0.211 e. The van der Waals surface area contributed by atoms with Crippen LogP contribution in [-0.4, -0.2) is 59.8 Å². The van der Waals surface area contributed by atoms with Crippen molar-refractivity contribution in [2.45, 2.75) is 89.8 Å². The fourth-order valence-electron chi connectivity index (χ4n) is 6.84. The predicted octanol–water partition coefficient (Wildman–Crippen LogP) is 5.63. The summed E-state index contributed by atoms with van der Waals surface area (Å²) in [6, 6.07) is 15.2. The summed E-state index contributed by atoms with van der Waals surface area (Å²) in [4.78, 5) is 13.9. The molecule has 1 saturated carbocycles. The molecule has 6 nitrogen and oxygen atoms in total. The highest BCUT2D eigenvalue weighted by Crippen LogP contribution is 2.59. The molecule has 0 saturated heterocycles. The van der Waals surface area contributed by atoms with Crippen molar-refractivity contribution >= 4 is 15.8 Å². The summed E-state index contributed by atoms with van der Waals surface area (Å²) in [6.45, 7) is 6.50. The molecule has 218 valence electrons. The Morgan fingerprint density at radius 3 is 2.50 bits per heavy atom. The highest BCUT2D eigenvalue weighted by Gasteiger charge is 2.57. The first-order chi connectivity index (χ1) is 18.9. The number of nitrogens with zero attached hydrogens (tertiary/aromatic N) is 1. The molecule has 5 rings (SSSR count). The van der Waals surface area contributed by atoms with E-state index in [1.54, 1.807) is 0 Å². The topological polar surface area (TPSA) is 94.9 Å². The molecule has 0 unspecified atom stereocenters. The van der Waals surface area contributed by atoms with Crippen LogP contribution in [0.4, 0.5) is 0 Å². The lowest BCUT2D eigenvalue weighted by Gasteiger charge is -2.45. The summed E-state index contributed by atoms with van der Waals surface area (Å²) in [5.74, 6) is -0.213. The monoisotopic (exact) mass is 567 g/mol. The van der Waals surface area contributed by atoms with E-state index in [2.05, 4.69) is 19.9 Å². The SMILES string of the molecule is CCCN(C[C@]1(O)CC[C@H]2c3ccc(cc3C(=O)c3ccccc3)C[C@@H](O)CCC(C)=CCC[C@@]21C)S(C)(=O)=O. The van der Waals surface area contributed by atoms with Gasteiger partial charge in [0.2, 0.25) is 10.0 Å². The number of hydrogen-bond donors (Lipinski definition) is 2. The zero-order valence-electron chi connectivity index (χ0n) is 24.4. The molecule has 0 aromatic heterocycles. The summed E-state index contributed by atoms with van der Waals surface area (Å²) >= 11 is 0. The lowest BCUT2D eigenvalue weighted by Crippen LogP contribution is -2.53. The van der Waals surface area contributed by atoms with E-state index in [9.17, 15) is 23.4 Å². The van der Waals surface area contributed by atoms with Gasteiger partial charge >= 0.3 is 0 Å². The maximum atomic E-state index is 13.9. The van der Waals surface area contributed by atoms with E-state index in [1.807, 2.05) is 55.5 Å².